The van der Waals surface area contributed by atoms with E-state index in [1.165, 1.54) is 0 Å². The van der Waals surface area contributed by atoms with Crippen LogP contribution < -0.4 is 0 Å². The standard InChI is InChI=1S/C8H7BrO3S2/c1-14(11,12)8-6-4(7(9)13-8)2-3-5(6)10/h2-3H2,1H3. The van der Waals surface area contributed by atoms with Gasteiger partial charge in [-0.3, -0.25) is 4.79 Å². The molecule has 1 aliphatic carbocycles. The van der Waals surface area contributed by atoms with Gasteiger partial charge in [0.15, 0.2) is 15.6 Å². The Balaban J connectivity index is 2.77. The number of halogens is 1. The summed E-state index contributed by atoms with van der Waals surface area (Å²) in [5.74, 6) is -0.0534. The summed E-state index contributed by atoms with van der Waals surface area (Å²) in [7, 11) is -3.27. The van der Waals surface area contributed by atoms with Crippen molar-refractivity contribution in [3.63, 3.8) is 0 Å². The number of rotatable bonds is 1. The van der Waals surface area contributed by atoms with Crippen LogP contribution in [0.3, 0.4) is 0 Å². The van der Waals surface area contributed by atoms with Crippen molar-refractivity contribution in [2.75, 3.05) is 6.26 Å². The first-order valence-electron chi connectivity index (χ1n) is 3.95. The number of thiophene rings is 1. The largest absolute Gasteiger partial charge is 0.294 e. The lowest BCUT2D eigenvalue weighted by Crippen LogP contribution is -2.01. The van der Waals surface area contributed by atoms with Gasteiger partial charge in [-0.25, -0.2) is 8.42 Å². The predicted molar refractivity (Wildman–Crippen MR) is 57.8 cm³/mol. The van der Waals surface area contributed by atoms with E-state index in [0.29, 0.717) is 18.4 Å². The molecule has 0 saturated carbocycles. The lowest BCUT2D eigenvalue weighted by molar-refractivity contribution is 0.0992. The summed E-state index contributed by atoms with van der Waals surface area (Å²) in [4.78, 5) is 11.5. The summed E-state index contributed by atoms with van der Waals surface area (Å²) >= 11 is 4.43. The molecule has 0 atom stereocenters. The molecule has 0 N–H and O–H groups in total. The number of hydrogen-bond donors (Lipinski definition) is 0. The molecule has 0 aliphatic heterocycles. The fraction of sp³-hybridized carbons (Fsp3) is 0.375. The molecule has 0 amide bonds. The average molecular weight is 295 g/mol. The van der Waals surface area contributed by atoms with Crippen molar-refractivity contribution in [1.82, 2.24) is 0 Å². The number of sulfone groups is 1. The molecule has 1 heterocycles. The molecule has 0 radical (unpaired) electrons. The quantitative estimate of drug-likeness (QED) is 0.796. The summed E-state index contributed by atoms with van der Waals surface area (Å²) in [6.45, 7) is 0. The van der Waals surface area contributed by atoms with Crippen molar-refractivity contribution in [3.05, 3.63) is 14.9 Å². The molecule has 1 aliphatic rings. The number of carbonyl (C=O) groups is 1. The maximum Gasteiger partial charge on any atom is 0.185 e. The van der Waals surface area contributed by atoms with E-state index in [1.807, 2.05) is 0 Å². The van der Waals surface area contributed by atoms with Gasteiger partial charge in [0, 0.05) is 12.7 Å². The molecule has 76 valence electrons. The first-order valence-corrected chi connectivity index (χ1v) is 7.46. The summed E-state index contributed by atoms with van der Waals surface area (Å²) in [6, 6.07) is 0. The SMILES string of the molecule is CS(=O)(=O)c1sc(Br)c2c1C(=O)CC2. The van der Waals surface area contributed by atoms with E-state index in [0.717, 1.165) is 26.9 Å². The number of ketones is 1. The van der Waals surface area contributed by atoms with Gasteiger partial charge in [-0.05, 0) is 27.9 Å². The first kappa shape index (κ1) is 10.3. The van der Waals surface area contributed by atoms with Crippen molar-refractivity contribution in [3.8, 4) is 0 Å². The highest BCUT2D eigenvalue weighted by Crippen LogP contribution is 2.41. The lowest BCUT2D eigenvalue weighted by atomic mass is 10.2. The van der Waals surface area contributed by atoms with E-state index in [1.54, 1.807) is 0 Å². The summed E-state index contributed by atoms with van der Waals surface area (Å²) in [6.07, 6.45) is 2.22. The van der Waals surface area contributed by atoms with Crippen LogP contribution in [0.2, 0.25) is 0 Å². The zero-order valence-electron chi connectivity index (χ0n) is 7.33. The highest BCUT2D eigenvalue weighted by atomic mass is 79.9. The van der Waals surface area contributed by atoms with E-state index < -0.39 is 9.84 Å². The van der Waals surface area contributed by atoms with Crippen LogP contribution in [0.15, 0.2) is 8.00 Å². The lowest BCUT2D eigenvalue weighted by Gasteiger charge is -1.94. The molecule has 0 aromatic carbocycles. The molecule has 6 heteroatoms. The highest BCUT2D eigenvalue weighted by molar-refractivity contribution is 9.11. The number of carbonyl (C=O) groups excluding carboxylic acids is 1. The Hall–Kier alpha value is -0.200. The molecule has 14 heavy (non-hydrogen) atoms. The van der Waals surface area contributed by atoms with Crippen LogP contribution in [0, 0.1) is 0 Å². The zero-order chi connectivity index (χ0) is 10.5. The molecule has 0 fully saturated rings. The molecule has 0 spiro atoms. The molecular formula is C8H7BrO3S2. The van der Waals surface area contributed by atoms with Gasteiger partial charge in [0.25, 0.3) is 0 Å². The fourth-order valence-corrected chi connectivity index (χ4v) is 5.04. The Morgan fingerprint density at radius 1 is 1.36 bits per heavy atom. The van der Waals surface area contributed by atoms with Crippen LogP contribution in [0.1, 0.15) is 22.3 Å². The second-order valence-corrected chi connectivity index (χ2v) is 7.76. The molecule has 0 bridgehead atoms. The van der Waals surface area contributed by atoms with Crippen molar-refractivity contribution >= 4 is 42.9 Å². The zero-order valence-corrected chi connectivity index (χ0v) is 10.6. The van der Waals surface area contributed by atoms with Crippen LogP contribution in [0.25, 0.3) is 0 Å². The van der Waals surface area contributed by atoms with E-state index in [-0.39, 0.29) is 9.99 Å². The van der Waals surface area contributed by atoms with E-state index in [2.05, 4.69) is 15.9 Å². The summed E-state index contributed by atoms with van der Waals surface area (Å²) in [5.41, 5.74) is 1.28. The molecule has 2 rings (SSSR count). The van der Waals surface area contributed by atoms with E-state index in [4.69, 9.17) is 0 Å². The van der Waals surface area contributed by atoms with Crippen molar-refractivity contribution in [2.24, 2.45) is 0 Å². The smallest absolute Gasteiger partial charge is 0.185 e. The Labute approximate surface area is 94.2 Å². The van der Waals surface area contributed by atoms with Gasteiger partial charge in [0.1, 0.15) is 4.21 Å². The number of fused-ring (bicyclic) bond motifs is 1. The monoisotopic (exact) mass is 294 g/mol. The minimum atomic E-state index is -3.27. The summed E-state index contributed by atoms with van der Waals surface area (Å²) in [5, 5.41) is 0. The molecule has 1 aromatic rings. The number of hydrogen-bond acceptors (Lipinski definition) is 4. The normalized spacial score (nSPS) is 16.0. The molecule has 0 unspecified atom stereocenters. The van der Waals surface area contributed by atoms with Crippen LogP contribution in [-0.4, -0.2) is 20.5 Å². The second kappa shape index (κ2) is 3.15. The molecule has 3 nitrogen and oxygen atoms in total. The third kappa shape index (κ3) is 1.45. The van der Waals surface area contributed by atoms with Crippen LogP contribution in [0.5, 0.6) is 0 Å². The van der Waals surface area contributed by atoms with Gasteiger partial charge in [-0.2, -0.15) is 0 Å². The first-order chi connectivity index (χ1) is 6.41. The minimum Gasteiger partial charge on any atom is -0.294 e. The second-order valence-electron chi connectivity index (χ2n) is 3.21. The Kier molecular flexibility index (Phi) is 2.32. The van der Waals surface area contributed by atoms with Gasteiger partial charge in [-0.1, -0.05) is 0 Å². The van der Waals surface area contributed by atoms with Crippen molar-refractivity contribution in [1.29, 1.82) is 0 Å². The molecule has 1 aromatic heterocycles. The van der Waals surface area contributed by atoms with Crippen LogP contribution in [0.4, 0.5) is 0 Å². The average Bonchev–Trinajstić information content (AvgIpc) is 2.54. The van der Waals surface area contributed by atoms with Gasteiger partial charge in [0.05, 0.1) is 9.35 Å². The van der Waals surface area contributed by atoms with Crippen LogP contribution >= 0.6 is 27.3 Å². The van der Waals surface area contributed by atoms with Gasteiger partial charge in [-0.15, -0.1) is 11.3 Å². The maximum absolute atomic E-state index is 11.5. The van der Waals surface area contributed by atoms with E-state index >= 15 is 0 Å². The summed E-state index contributed by atoms with van der Waals surface area (Å²) < 4.78 is 23.8. The Morgan fingerprint density at radius 2 is 2.00 bits per heavy atom. The Bertz CT molecular complexity index is 513. The van der Waals surface area contributed by atoms with Crippen LogP contribution in [-0.2, 0) is 16.3 Å². The third-order valence-corrected chi connectivity index (χ3v) is 5.96. The van der Waals surface area contributed by atoms with Gasteiger partial charge >= 0.3 is 0 Å². The fourth-order valence-electron chi connectivity index (χ4n) is 1.55. The van der Waals surface area contributed by atoms with Crippen molar-refractivity contribution < 1.29 is 13.2 Å². The van der Waals surface area contributed by atoms with E-state index in [9.17, 15) is 13.2 Å². The van der Waals surface area contributed by atoms with Gasteiger partial charge in [0.2, 0.25) is 0 Å². The Morgan fingerprint density at radius 3 is 2.57 bits per heavy atom. The molecular weight excluding hydrogens is 288 g/mol. The topological polar surface area (TPSA) is 51.2 Å². The third-order valence-electron chi connectivity index (χ3n) is 2.14. The molecule has 0 saturated heterocycles. The maximum atomic E-state index is 11.5. The number of Topliss-reactive ketones (excluding diaryl/α,β-unsaturated/α-hetero) is 1. The van der Waals surface area contributed by atoms with Gasteiger partial charge < -0.3 is 0 Å². The highest BCUT2D eigenvalue weighted by Gasteiger charge is 2.31. The predicted octanol–water partition coefficient (Wildman–Crippen LogP) is 2.04. The minimum absolute atomic E-state index is 0.0534. The van der Waals surface area contributed by atoms with Crippen molar-refractivity contribution in [2.45, 2.75) is 17.1 Å².